The number of rotatable bonds is 8. The predicted octanol–water partition coefficient (Wildman–Crippen LogP) is 3.59. The zero-order valence-corrected chi connectivity index (χ0v) is 19.5. The molecular weight excluding hydrogens is 436 g/mol. The summed E-state index contributed by atoms with van der Waals surface area (Å²) in [5.74, 6) is 1.38. The van der Waals surface area contributed by atoms with Crippen LogP contribution in [0.3, 0.4) is 0 Å². The normalized spacial score (nSPS) is 14.4. The van der Waals surface area contributed by atoms with Gasteiger partial charge in [-0.2, -0.15) is 0 Å². The van der Waals surface area contributed by atoms with Crippen LogP contribution in [0.5, 0.6) is 0 Å². The number of amides is 2. The highest BCUT2D eigenvalue weighted by molar-refractivity contribution is 8.00. The Labute approximate surface area is 198 Å². The molecular formula is C25H28N4O3S. The third-order valence-electron chi connectivity index (χ3n) is 5.62. The lowest BCUT2D eigenvalue weighted by molar-refractivity contribution is -0.130. The minimum atomic E-state index is -0.195. The second-order valence-electron chi connectivity index (χ2n) is 8.00. The van der Waals surface area contributed by atoms with E-state index in [0.29, 0.717) is 24.7 Å². The zero-order chi connectivity index (χ0) is 23.0. The van der Waals surface area contributed by atoms with E-state index in [1.165, 1.54) is 22.9 Å². The van der Waals surface area contributed by atoms with Crippen molar-refractivity contribution in [2.45, 2.75) is 13.0 Å². The number of carbonyl (C=O) groups is 2. The molecule has 0 radical (unpaired) electrons. The van der Waals surface area contributed by atoms with E-state index >= 15 is 0 Å². The monoisotopic (exact) mass is 464 g/mol. The summed E-state index contributed by atoms with van der Waals surface area (Å²) in [5, 5.41) is 6.41. The Bertz CT molecular complexity index is 1010. The first kappa shape index (κ1) is 23.1. The third-order valence-corrected chi connectivity index (χ3v) is 6.53. The van der Waals surface area contributed by atoms with Gasteiger partial charge in [-0.1, -0.05) is 65.8 Å². The SMILES string of the molecule is Cc1cc(NC(=O)CSCC(=O)N2CCN(C(c3ccccc3)c3ccccc3)CC2)no1. The molecule has 2 aromatic carbocycles. The summed E-state index contributed by atoms with van der Waals surface area (Å²) in [5.41, 5.74) is 2.51. The van der Waals surface area contributed by atoms with Crippen LogP contribution >= 0.6 is 11.8 Å². The molecule has 2 heterocycles. The van der Waals surface area contributed by atoms with Gasteiger partial charge in [-0.3, -0.25) is 14.5 Å². The third kappa shape index (κ3) is 6.24. The van der Waals surface area contributed by atoms with E-state index < -0.39 is 0 Å². The second kappa shape index (κ2) is 11.2. The lowest BCUT2D eigenvalue weighted by atomic mass is 9.96. The minimum Gasteiger partial charge on any atom is -0.360 e. The van der Waals surface area contributed by atoms with Gasteiger partial charge in [-0.05, 0) is 18.1 Å². The van der Waals surface area contributed by atoms with Crippen molar-refractivity contribution in [2.75, 3.05) is 43.0 Å². The Balaban J connectivity index is 1.27. The molecule has 1 aromatic heterocycles. The number of nitrogens with one attached hydrogen (secondary N) is 1. The topological polar surface area (TPSA) is 78.7 Å². The van der Waals surface area contributed by atoms with E-state index in [1.807, 2.05) is 17.0 Å². The van der Waals surface area contributed by atoms with Gasteiger partial charge in [0.1, 0.15) is 5.76 Å². The number of benzene rings is 2. The number of aryl methyl sites for hydroxylation is 1. The Morgan fingerprint density at radius 3 is 2.12 bits per heavy atom. The fourth-order valence-corrected chi connectivity index (χ4v) is 4.76. The maximum Gasteiger partial charge on any atom is 0.235 e. The van der Waals surface area contributed by atoms with Crippen molar-refractivity contribution < 1.29 is 14.1 Å². The highest BCUT2D eigenvalue weighted by Crippen LogP contribution is 2.29. The number of aromatic nitrogens is 1. The van der Waals surface area contributed by atoms with E-state index in [2.05, 4.69) is 63.9 Å². The van der Waals surface area contributed by atoms with Gasteiger partial charge in [-0.15, -0.1) is 11.8 Å². The second-order valence-corrected chi connectivity index (χ2v) is 8.99. The van der Waals surface area contributed by atoms with Crippen molar-refractivity contribution in [3.63, 3.8) is 0 Å². The van der Waals surface area contributed by atoms with Crippen molar-refractivity contribution in [3.8, 4) is 0 Å². The molecule has 1 saturated heterocycles. The molecule has 0 unspecified atom stereocenters. The first-order chi connectivity index (χ1) is 16.1. The van der Waals surface area contributed by atoms with Crippen LogP contribution in [0.15, 0.2) is 71.3 Å². The molecule has 0 atom stereocenters. The molecule has 1 fully saturated rings. The summed E-state index contributed by atoms with van der Waals surface area (Å²) in [6.07, 6.45) is 0. The number of carbonyl (C=O) groups excluding carboxylic acids is 2. The van der Waals surface area contributed by atoms with Gasteiger partial charge in [0.05, 0.1) is 17.5 Å². The molecule has 172 valence electrons. The quantitative estimate of drug-likeness (QED) is 0.549. The molecule has 4 rings (SSSR count). The summed E-state index contributed by atoms with van der Waals surface area (Å²) >= 11 is 1.31. The number of hydrogen-bond acceptors (Lipinski definition) is 6. The highest BCUT2D eigenvalue weighted by Gasteiger charge is 2.28. The Hall–Kier alpha value is -3.10. The van der Waals surface area contributed by atoms with E-state index in [4.69, 9.17) is 4.52 Å². The van der Waals surface area contributed by atoms with E-state index in [1.54, 1.807) is 13.0 Å². The standard InChI is InChI=1S/C25H28N4O3S/c1-19-16-22(27-32-19)26-23(30)17-33-18-24(31)28-12-14-29(15-13-28)25(20-8-4-2-5-9-20)21-10-6-3-7-11-21/h2-11,16,25H,12-15,17-18H2,1H3,(H,26,27,30). The maximum atomic E-state index is 12.7. The lowest BCUT2D eigenvalue weighted by Crippen LogP contribution is -2.50. The minimum absolute atomic E-state index is 0.0701. The molecule has 3 aromatic rings. The molecule has 1 N–H and O–H groups in total. The summed E-state index contributed by atoms with van der Waals surface area (Å²) in [6, 6.07) is 22.8. The fraction of sp³-hybridized carbons (Fsp3) is 0.320. The van der Waals surface area contributed by atoms with Crippen LogP contribution in [0.2, 0.25) is 0 Å². The van der Waals surface area contributed by atoms with Crippen molar-refractivity contribution in [3.05, 3.63) is 83.6 Å². The molecule has 8 heteroatoms. The Morgan fingerprint density at radius 1 is 0.970 bits per heavy atom. The molecule has 0 bridgehead atoms. The van der Waals surface area contributed by atoms with Crippen LogP contribution in [0.1, 0.15) is 22.9 Å². The van der Waals surface area contributed by atoms with Crippen LogP contribution in [-0.4, -0.2) is 64.5 Å². The van der Waals surface area contributed by atoms with Crippen LogP contribution in [0.4, 0.5) is 5.82 Å². The van der Waals surface area contributed by atoms with Gasteiger partial charge >= 0.3 is 0 Å². The molecule has 1 aliphatic rings. The smallest absolute Gasteiger partial charge is 0.235 e. The average molecular weight is 465 g/mol. The van der Waals surface area contributed by atoms with Crippen LogP contribution in [-0.2, 0) is 9.59 Å². The zero-order valence-electron chi connectivity index (χ0n) is 18.6. The number of hydrogen-bond donors (Lipinski definition) is 1. The molecule has 0 aliphatic carbocycles. The van der Waals surface area contributed by atoms with Crippen molar-refractivity contribution in [2.24, 2.45) is 0 Å². The van der Waals surface area contributed by atoms with Crippen molar-refractivity contribution >= 4 is 29.4 Å². The Morgan fingerprint density at radius 2 is 1.58 bits per heavy atom. The molecule has 0 spiro atoms. The fourth-order valence-electron chi connectivity index (χ4n) is 4.04. The van der Waals surface area contributed by atoms with Crippen molar-refractivity contribution in [1.29, 1.82) is 0 Å². The van der Waals surface area contributed by atoms with Crippen LogP contribution < -0.4 is 5.32 Å². The number of thioether (sulfide) groups is 1. The maximum absolute atomic E-state index is 12.7. The molecule has 7 nitrogen and oxygen atoms in total. The lowest BCUT2D eigenvalue weighted by Gasteiger charge is -2.39. The van der Waals surface area contributed by atoms with Crippen LogP contribution in [0.25, 0.3) is 0 Å². The van der Waals surface area contributed by atoms with Crippen molar-refractivity contribution in [1.82, 2.24) is 15.0 Å². The molecule has 33 heavy (non-hydrogen) atoms. The van der Waals surface area contributed by atoms with Gasteiger partial charge in [0.15, 0.2) is 5.82 Å². The van der Waals surface area contributed by atoms with Gasteiger partial charge in [0, 0.05) is 32.2 Å². The largest absolute Gasteiger partial charge is 0.360 e. The summed E-state index contributed by atoms with van der Waals surface area (Å²) < 4.78 is 4.93. The van der Waals surface area contributed by atoms with Gasteiger partial charge < -0.3 is 14.7 Å². The molecule has 2 amide bonds. The van der Waals surface area contributed by atoms with E-state index in [9.17, 15) is 9.59 Å². The summed E-state index contributed by atoms with van der Waals surface area (Å²) in [4.78, 5) is 29.0. The Kier molecular flexibility index (Phi) is 7.80. The molecule has 1 aliphatic heterocycles. The first-order valence-corrected chi connectivity index (χ1v) is 12.2. The average Bonchev–Trinajstić information content (AvgIpc) is 3.25. The highest BCUT2D eigenvalue weighted by atomic mass is 32.2. The number of piperazine rings is 1. The van der Waals surface area contributed by atoms with Crippen LogP contribution in [0, 0.1) is 6.92 Å². The van der Waals surface area contributed by atoms with Gasteiger partial charge in [0.25, 0.3) is 0 Å². The van der Waals surface area contributed by atoms with Gasteiger partial charge in [-0.25, -0.2) is 0 Å². The van der Waals surface area contributed by atoms with E-state index in [0.717, 1.165) is 13.1 Å². The van der Waals surface area contributed by atoms with Gasteiger partial charge in [0.2, 0.25) is 11.8 Å². The first-order valence-electron chi connectivity index (χ1n) is 11.0. The number of nitrogens with zero attached hydrogens (tertiary/aromatic N) is 3. The predicted molar refractivity (Wildman–Crippen MR) is 130 cm³/mol. The molecule has 0 saturated carbocycles. The summed E-state index contributed by atoms with van der Waals surface area (Å²) in [7, 11) is 0. The summed E-state index contributed by atoms with van der Waals surface area (Å²) in [6.45, 7) is 4.73. The van der Waals surface area contributed by atoms with E-state index in [-0.39, 0.29) is 29.4 Å². The number of anilines is 1.